The van der Waals surface area contributed by atoms with Crippen molar-refractivity contribution in [2.45, 2.75) is 0 Å². The predicted octanol–water partition coefficient (Wildman–Crippen LogP) is 0.701. The fourth-order valence-electron chi connectivity index (χ4n) is 2.17. The van der Waals surface area contributed by atoms with Crippen molar-refractivity contribution in [1.29, 1.82) is 0 Å². The molecule has 1 aromatic heterocycles. The minimum absolute atomic E-state index is 0.128. The number of methoxy groups -OCH3 is 1. The van der Waals surface area contributed by atoms with Gasteiger partial charge in [0, 0.05) is 30.6 Å². The predicted molar refractivity (Wildman–Crippen MR) is 80.0 cm³/mol. The second-order valence-electron chi connectivity index (χ2n) is 4.71. The average Bonchev–Trinajstić information content (AvgIpc) is 2.49. The van der Waals surface area contributed by atoms with Gasteiger partial charge in [0.05, 0.1) is 12.2 Å². The third-order valence-corrected chi connectivity index (χ3v) is 3.16. The number of hydrogen-bond donors (Lipinski definition) is 2. The molecule has 0 aliphatic rings. The number of ether oxygens (including phenoxy) is 1. The zero-order valence-electron chi connectivity index (χ0n) is 12.0. The molecule has 2 N–H and O–H groups in total. The van der Waals surface area contributed by atoms with Crippen LogP contribution in [0.2, 0.25) is 0 Å². The number of carboxylic acid groups (broad SMARTS) is 1. The Labute approximate surface area is 126 Å². The molecule has 0 atom stereocenters. The number of H-pyrrole nitrogens is 1. The number of aromatic nitrogens is 1. The van der Waals surface area contributed by atoms with Gasteiger partial charge < -0.3 is 19.7 Å². The first-order valence-electron chi connectivity index (χ1n) is 6.65. The van der Waals surface area contributed by atoms with Gasteiger partial charge in [-0.2, -0.15) is 0 Å². The van der Waals surface area contributed by atoms with Crippen LogP contribution >= 0.6 is 0 Å². The van der Waals surface area contributed by atoms with Gasteiger partial charge >= 0.3 is 5.97 Å². The molecule has 0 unspecified atom stereocenters. The quantitative estimate of drug-likeness (QED) is 0.818. The van der Waals surface area contributed by atoms with E-state index in [9.17, 15) is 14.4 Å². The van der Waals surface area contributed by atoms with Crippen LogP contribution in [0.1, 0.15) is 10.4 Å². The minimum Gasteiger partial charge on any atom is -0.480 e. The summed E-state index contributed by atoms with van der Waals surface area (Å²) in [7, 11) is 1.46. The summed E-state index contributed by atoms with van der Waals surface area (Å²) in [6.45, 7) is -0.119. The average molecular weight is 304 g/mol. The second-order valence-corrected chi connectivity index (χ2v) is 4.71. The van der Waals surface area contributed by atoms with Crippen LogP contribution in [0.25, 0.3) is 10.9 Å². The van der Waals surface area contributed by atoms with Gasteiger partial charge in [-0.05, 0) is 6.07 Å². The fourth-order valence-corrected chi connectivity index (χ4v) is 2.17. The highest BCUT2D eigenvalue weighted by molar-refractivity contribution is 6.06. The Morgan fingerprint density at radius 3 is 2.73 bits per heavy atom. The van der Waals surface area contributed by atoms with E-state index < -0.39 is 24.0 Å². The molecule has 0 aliphatic carbocycles. The lowest BCUT2D eigenvalue weighted by atomic mass is 10.1. The van der Waals surface area contributed by atoms with Crippen molar-refractivity contribution in [3.8, 4) is 0 Å². The number of carboxylic acids is 1. The molecule has 0 radical (unpaired) electrons. The molecule has 0 spiro atoms. The number of aliphatic carboxylic acids is 1. The zero-order chi connectivity index (χ0) is 16.1. The summed E-state index contributed by atoms with van der Waals surface area (Å²) in [6, 6.07) is 8.06. The van der Waals surface area contributed by atoms with Crippen LogP contribution in [0, 0.1) is 0 Å². The summed E-state index contributed by atoms with van der Waals surface area (Å²) in [5.74, 6) is -1.64. The van der Waals surface area contributed by atoms with Crippen molar-refractivity contribution in [2.75, 3.05) is 26.8 Å². The SMILES string of the molecule is COCCN(CC(=O)O)C(=O)c1cc(=O)[nH]c2ccccc12. The molecule has 0 bridgehead atoms. The molecule has 1 amide bonds. The maximum Gasteiger partial charge on any atom is 0.323 e. The normalized spacial score (nSPS) is 10.6. The minimum atomic E-state index is -1.13. The van der Waals surface area contributed by atoms with Gasteiger partial charge in [0.1, 0.15) is 6.54 Å². The molecule has 1 aromatic carbocycles. The van der Waals surface area contributed by atoms with Gasteiger partial charge in [-0.25, -0.2) is 0 Å². The molecule has 0 saturated carbocycles. The van der Waals surface area contributed by atoms with Crippen molar-refractivity contribution >= 4 is 22.8 Å². The van der Waals surface area contributed by atoms with E-state index in [1.165, 1.54) is 13.2 Å². The molecule has 2 rings (SSSR count). The highest BCUT2D eigenvalue weighted by Gasteiger charge is 2.20. The van der Waals surface area contributed by atoms with Gasteiger partial charge in [-0.3, -0.25) is 14.4 Å². The monoisotopic (exact) mass is 304 g/mol. The molecule has 1 heterocycles. The van der Waals surface area contributed by atoms with Crippen LogP contribution in [-0.4, -0.2) is 53.7 Å². The largest absolute Gasteiger partial charge is 0.480 e. The van der Waals surface area contributed by atoms with E-state index in [2.05, 4.69) is 4.98 Å². The van der Waals surface area contributed by atoms with Crippen LogP contribution in [-0.2, 0) is 9.53 Å². The summed E-state index contributed by atoms with van der Waals surface area (Å²) in [5.41, 5.74) is 0.293. The van der Waals surface area contributed by atoms with Crippen LogP contribution in [0.15, 0.2) is 35.1 Å². The molecule has 7 nitrogen and oxygen atoms in total. The van der Waals surface area contributed by atoms with Crippen molar-refractivity contribution in [3.05, 3.63) is 46.2 Å². The summed E-state index contributed by atoms with van der Waals surface area (Å²) in [6.07, 6.45) is 0. The molecule has 22 heavy (non-hydrogen) atoms. The van der Waals surface area contributed by atoms with Crippen LogP contribution in [0.5, 0.6) is 0 Å². The van der Waals surface area contributed by atoms with E-state index in [0.717, 1.165) is 4.90 Å². The Hall–Kier alpha value is -2.67. The number of amides is 1. The Kier molecular flexibility index (Phi) is 4.90. The number of nitrogens with one attached hydrogen (secondary N) is 1. The molecule has 2 aromatic rings. The number of carbonyl (C=O) groups is 2. The van der Waals surface area contributed by atoms with Gasteiger partial charge in [-0.1, -0.05) is 18.2 Å². The van der Waals surface area contributed by atoms with Gasteiger partial charge in [0.15, 0.2) is 0 Å². The number of carbonyl (C=O) groups excluding carboxylic acids is 1. The third kappa shape index (κ3) is 3.50. The van der Waals surface area contributed by atoms with Crippen LogP contribution in [0.4, 0.5) is 0 Å². The fraction of sp³-hybridized carbons (Fsp3) is 0.267. The second kappa shape index (κ2) is 6.86. The maximum atomic E-state index is 12.6. The van der Waals surface area contributed by atoms with Gasteiger partial charge in [0.25, 0.3) is 5.91 Å². The number of rotatable bonds is 6. The van der Waals surface area contributed by atoms with Crippen molar-refractivity contribution in [3.63, 3.8) is 0 Å². The van der Waals surface area contributed by atoms with E-state index in [-0.39, 0.29) is 18.7 Å². The molecular formula is C15H16N2O5. The number of para-hydroxylation sites is 1. The Morgan fingerprint density at radius 2 is 2.05 bits per heavy atom. The van der Waals surface area contributed by atoms with E-state index in [4.69, 9.17) is 9.84 Å². The summed E-state index contributed by atoms with van der Waals surface area (Å²) >= 11 is 0. The first kappa shape index (κ1) is 15.7. The standard InChI is InChI=1S/C15H16N2O5/c1-22-7-6-17(9-14(19)20)15(21)11-8-13(18)16-12-5-3-2-4-10(11)12/h2-5,8H,6-7,9H2,1H3,(H,16,18)(H,19,20). The molecule has 7 heteroatoms. The number of aromatic amines is 1. The van der Waals surface area contributed by atoms with Gasteiger partial charge in [-0.15, -0.1) is 0 Å². The van der Waals surface area contributed by atoms with Gasteiger partial charge in [0.2, 0.25) is 5.56 Å². The van der Waals surface area contributed by atoms with E-state index in [1.807, 2.05) is 0 Å². The van der Waals surface area contributed by atoms with E-state index in [1.54, 1.807) is 24.3 Å². The number of hydrogen-bond acceptors (Lipinski definition) is 4. The highest BCUT2D eigenvalue weighted by atomic mass is 16.5. The zero-order valence-corrected chi connectivity index (χ0v) is 12.0. The lowest BCUT2D eigenvalue weighted by Crippen LogP contribution is -2.38. The van der Waals surface area contributed by atoms with E-state index in [0.29, 0.717) is 10.9 Å². The maximum absolute atomic E-state index is 12.6. The summed E-state index contributed by atoms with van der Waals surface area (Å²) < 4.78 is 4.90. The number of fused-ring (bicyclic) bond motifs is 1. The molecule has 116 valence electrons. The van der Waals surface area contributed by atoms with Crippen molar-refractivity contribution in [1.82, 2.24) is 9.88 Å². The lowest BCUT2D eigenvalue weighted by molar-refractivity contribution is -0.137. The Bertz CT molecular complexity index is 753. The Morgan fingerprint density at radius 1 is 1.32 bits per heavy atom. The van der Waals surface area contributed by atoms with E-state index >= 15 is 0 Å². The molecule has 0 fully saturated rings. The van der Waals surface area contributed by atoms with Crippen molar-refractivity contribution < 1.29 is 19.4 Å². The van der Waals surface area contributed by atoms with Crippen molar-refractivity contribution in [2.24, 2.45) is 0 Å². The number of pyridine rings is 1. The molecule has 0 aliphatic heterocycles. The number of benzene rings is 1. The molecular weight excluding hydrogens is 288 g/mol. The first-order chi connectivity index (χ1) is 10.5. The first-order valence-corrected chi connectivity index (χ1v) is 6.65. The smallest absolute Gasteiger partial charge is 0.323 e. The lowest BCUT2D eigenvalue weighted by Gasteiger charge is -2.21. The summed E-state index contributed by atoms with van der Waals surface area (Å²) in [5, 5.41) is 9.51. The van der Waals surface area contributed by atoms with Crippen LogP contribution < -0.4 is 5.56 Å². The Balaban J connectivity index is 2.45. The topological polar surface area (TPSA) is 99.7 Å². The number of nitrogens with zero attached hydrogens (tertiary/aromatic N) is 1. The molecule has 0 saturated heterocycles. The highest BCUT2D eigenvalue weighted by Crippen LogP contribution is 2.16. The van der Waals surface area contributed by atoms with Crippen LogP contribution in [0.3, 0.4) is 0 Å². The summed E-state index contributed by atoms with van der Waals surface area (Å²) in [4.78, 5) is 39.0. The third-order valence-electron chi connectivity index (χ3n) is 3.16.